The molecule has 1 heterocycles. The number of para-hydroxylation sites is 1. The second-order valence-corrected chi connectivity index (χ2v) is 5.44. The van der Waals surface area contributed by atoms with E-state index in [2.05, 4.69) is 4.98 Å². The highest BCUT2D eigenvalue weighted by Crippen LogP contribution is 2.30. The van der Waals surface area contributed by atoms with Crippen molar-refractivity contribution in [3.05, 3.63) is 71.1 Å². The molecule has 1 aromatic heterocycles. The first-order chi connectivity index (χ1) is 10.5. The number of nitrogens with zero attached hydrogens (tertiary/aromatic N) is 2. The molecule has 112 valence electrons. The van der Waals surface area contributed by atoms with Gasteiger partial charge in [-0.3, -0.25) is 4.57 Å². The van der Waals surface area contributed by atoms with E-state index in [4.69, 9.17) is 0 Å². The maximum absolute atomic E-state index is 14.3. The number of aromatic nitrogens is 2. The molecule has 4 heteroatoms. The molecule has 3 rings (SSSR count). The maximum Gasteiger partial charge on any atom is 0.147 e. The smallest absolute Gasteiger partial charge is 0.147 e. The molecule has 0 fully saturated rings. The number of hydrogen-bond donors (Lipinski definition) is 0. The monoisotopic (exact) mass is 298 g/mol. The molecular formula is C18H16F2N2. The van der Waals surface area contributed by atoms with Gasteiger partial charge in [0.15, 0.2) is 0 Å². The minimum atomic E-state index is -0.601. The van der Waals surface area contributed by atoms with Gasteiger partial charge in [-0.15, -0.1) is 0 Å². The molecule has 0 saturated carbocycles. The number of imidazole rings is 1. The second kappa shape index (κ2) is 5.37. The molecule has 0 aliphatic rings. The van der Waals surface area contributed by atoms with Crippen molar-refractivity contribution in [2.75, 3.05) is 0 Å². The normalized spacial score (nSPS) is 11.0. The number of rotatable bonds is 2. The minimum absolute atomic E-state index is 0.328. The molecule has 0 unspecified atom stereocenters. The van der Waals surface area contributed by atoms with Gasteiger partial charge in [0, 0.05) is 18.5 Å². The fourth-order valence-electron chi connectivity index (χ4n) is 2.84. The minimum Gasteiger partial charge on any atom is -0.299 e. The molecule has 0 aliphatic heterocycles. The van der Waals surface area contributed by atoms with Crippen LogP contribution in [0.15, 0.2) is 42.7 Å². The number of benzene rings is 2. The fraction of sp³-hybridized carbons (Fsp3) is 0.167. The summed E-state index contributed by atoms with van der Waals surface area (Å²) in [7, 11) is 0. The maximum atomic E-state index is 14.3. The van der Waals surface area contributed by atoms with Crippen molar-refractivity contribution in [1.29, 1.82) is 0 Å². The lowest BCUT2D eigenvalue weighted by Crippen LogP contribution is -2.04. The van der Waals surface area contributed by atoms with Crippen molar-refractivity contribution in [2.24, 2.45) is 0 Å². The summed E-state index contributed by atoms with van der Waals surface area (Å²) in [4.78, 5) is 4.30. The summed E-state index contributed by atoms with van der Waals surface area (Å²) in [6.07, 6.45) is 3.43. The zero-order valence-corrected chi connectivity index (χ0v) is 12.7. The molecule has 0 spiro atoms. The van der Waals surface area contributed by atoms with E-state index >= 15 is 0 Å². The standard InChI is InChI=1S/C18H16F2N2/c1-11-5-4-6-12(2)17(11)22-8-7-21-18(22)16-13(3)9-14(19)10-15(16)20/h4-10H,1-3H3. The molecule has 0 aliphatic carbocycles. The first-order valence-electron chi connectivity index (χ1n) is 7.05. The number of hydrogen-bond acceptors (Lipinski definition) is 1. The van der Waals surface area contributed by atoms with E-state index in [-0.39, 0.29) is 0 Å². The van der Waals surface area contributed by atoms with E-state index in [9.17, 15) is 8.78 Å². The Morgan fingerprint density at radius 2 is 1.64 bits per heavy atom. The molecule has 2 nitrogen and oxygen atoms in total. The van der Waals surface area contributed by atoms with Crippen molar-refractivity contribution in [3.63, 3.8) is 0 Å². The predicted molar refractivity (Wildman–Crippen MR) is 83.1 cm³/mol. The van der Waals surface area contributed by atoms with Gasteiger partial charge >= 0.3 is 0 Å². The molecule has 0 atom stereocenters. The third-order valence-corrected chi connectivity index (χ3v) is 3.80. The van der Waals surface area contributed by atoms with Crippen molar-refractivity contribution >= 4 is 0 Å². The van der Waals surface area contributed by atoms with Gasteiger partial charge in [0.1, 0.15) is 17.5 Å². The van der Waals surface area contributed by atoms with Gasteiger partial charge in [-0.25, -0.2) is 13.8 Å². The lowest BCUT2D eigenvalue weighted by molar-refractivity contribution is 0.583. The Hall–Kier alpha value is -2.49. The van der Waals surface area contributed by atoms with Crippen LogP contribution in [0.25, 0.3) is 17.1 Å². The van der Waals surface area contributed by atoms with Gasteiger partial charge in [-0.2, -0.15) is 0 Å². The highest BCUT2D eigenvalue weighted by Gasteiger charge is 2.17. The fourth-order valence-corrected chi connectivity index (χ4v) is 2.84. The highest BCUT2D eigenvalue weighted by molar-refractivity contribution is 5.65. The molecule has 2 aromatic carbocycles. The van der Waals surface area contributed by atoms with Crippen LogP contribution in [0.5, 0.6) is 0 Å². The van der Waals surface area contributed by atoms with E-state index < -0.39 is 11.6 Å². The van der Waals surface area contributed by atoms with Gasteiger partial charge in [0.2, 0.25) is 0 Å². The van der Waals surface area contributed by atoms with E-state index in [1.807, 2.05) is 36.6 Å². The third-order valence-electron chi connectivity index (χ3n) is 3.80. The van der Waals surface area contributed by atoms with Crippen LogP contribution in [0, 0.1) is 32.4 Å². The van der Waals surface area contributed by atoms with E-state index in [1.165, 1.54) is 6.07 Å². The zero-order valence-electron chi connectivity index (χ0n) is 12.7. The summed E-state index contributed by atoms with van der Waals surface area (Å²) in [5.41, 5.74) is 3.96. The van der Waals surface area contributed by atoms with Crippen molar-refractivity contribution in [1.82, 2.24) is 9.55 Å². The molecule has 0 bridgehead atoms. The van der Waals surface area contributed by atoms with Crippen LogP contribution in [0.2, 0.25) is 0 Å². The van der Waals surface area contributed by atoms with Crippen LogP contribution in [-0.2, 0) is 0 Å². The summed E-state index contributed by atoms with van der Waals surface area (Å²) >= 11 is 0. The summed E-state index contributed by atoms with van der Waals surface area (Å²) in [6, 6.07) is 8.20. The van der Waals surface area contributed by atoms with Gasteiger partial charge in [-0.05, 0) is 43.5 Å². The SMILES string of the molecule is Cc1cc(F)cc(F)c1-c1nccn1-c1c(C)cccc1C. The van der Waals surface area contributed by atoms with E-state index in [0.717, 1.165) is 22.9 Å². The van der Waals surface area contributed by atoms with E-state index in [1.54, 1.807) is 19.3 Å². The Labute approximate surface area is 128 Å². The Balaban J connectivity index is 2.28. The van der Waals surface area contributed by atoms with Crippen LogP contribution in [0.4, 0.5) is 8.78 Å². The van der Waals surface area contributed by atoms with Crippen LogP contribution in [0.3, 0.4) is 0 Å². The Bertz CT molecular complexity index is 807. The van der Waals surface area contributed by atoms with Crippen molar-refractivity contribution < 1.29 is 8.78 Å². The zero-order chi connectivity index (χ0) is 15.9. The molecule has 3 aromatic rings. The molecule has 0 amide bonds. The Kier molecular flexibility index (Phi) is 3.53. The quantitative estimate of drug-likeness (QED) is 0.668. The Morgan fingerprint density at radius 3 is 2.27 bits per heavy atom. The van der Waals surface area contributed by atoms with Crippen LogP contribution < -0.4 is 0 Å². The van der Waals surface area contributed by atoms with Crippen molar-refractivity contribution in [2.45, 2.75) is 20.8 Å². The summed E-state index contributed by atoms with van der Waals surface area (Å²) in [5, 5.41) is 0. The van der Waals surface area contributed by atoms with Crippen LogP contribution in [-0.4, -0.2) is 9.55 Å². The third kappa shape index (κ3) is 2.30. The molecule has 0 N–H and O–H groups in total. The van der Waals surface area contributed by atoms with Gasteiger partial charge in [0.05, 0.1) is 11.3 Å². The van der Waals surface area contributed by atoms with E-state index in [0.29, 0.717) is 17.0 Å². The summed E-state index contributed by atoms with van der Waals surface area (Å²) in [6.45, 7) is 5.69. The summed E-state index contributed by atoms with van der Waals surface area (Å²) < 4.78 is 29.5. The van der Waals surface area contributed by atoms with Gasteiger partial charge < -0.3 is 0 Å². The lowest BCUT2D eigenvalue weighted by Gasteiger charge is -2.15. The first kappa shape index (κ1) is 14.4. The van der Waals surface area contributed by atoms with Gasteiger partial charge in [-0.1, -0.05) is 18.2 Å². The average molecular weight is 298 g/mol. The van der Waals surface area contributed by atoms with Crippen molar-refractivity contribution in [3.8, 4) is 17.1 Å². The molecular weight excluding hydrogens is 282 g/mol. The molecule has 0 radical (unpaired) electrons. The van der Waals surface area contributed by atoms with Crippen LogP contribution >= 0.6 is 0 Å². The number of aryl methyl sites for hydroxylation is 3. The topological polar surface area (TPSA) is 17.8 Å². The number of halogens is 2. The molecule has 0 saturated heterocycles. The van der Waals surface area contributed by atoms with Crippen LogP contribution in [0.1, 0.15) is 16.7 Å². The Morgan fingerprint density at radius 1 is 0.955 bits per heavy atom. The largest absolute Gasteiger partial charge is 0.299 e. The lowest BCUT2D eigenvalue weighted by atomic mass is 10.1. The highest BCUT2D eigenvalue weighted by atomic mass is 19.1. The average Bonchev–Trinajstić information content (AvgIpc) is 2.86. The second-order valence-electron chi connectivity index (χ2n) is 5.44. The predicted octanol–water partition coefficient (Wildman–Crippen LogP) is 4.74. The first-order valence-corrected chi connectivity index (χ1v) is 7.05. The molecule has 22 heavy (non-hydrogen) atoms. The summed E-state index contributed by atoms with van der Waals surface area (Å²) in [5.74, 6) is -0.701. The van der Waals surface area contributed by atoms with Gasteiger partial charge in [0.25, 0.3) is 0 Å².